The van der Waals surface area contributed by atoms with Crippen LogP contribution in [0.1, 0.15) is 61.3 Å². The Bertz CT molecular complexity index is 1210. The number of allylic oxidation sites excluding steroid dienone is 5. The zero-order valence-corrected chi connectivity index (χ0v) is 17.8. The van der Waals surface area contributed by atoms with Gasteiger partial charge in [-0.25, -0.2) is 0 Å². The Hall–Kier alpha value is -3.06. The Balaban J connectivity index is 0.000000937. The minimum Gasteiger partial charge on any atom is -0.456 e. The summed E-state index contributed by atoms with van der Waals surface area (Å²) < 4.78 is 6.48. The number of furan rings is 1. The van der Waals surface area contributed by atoms with Gasteiger partial charge < -0.3 is 4.42 Å². The van der Waals surface area contributed by atoms with Crippen LogP contribution in [0.5, 0.6) is 0 Å². The standard InChI is InChI=1S/C27H22O.C2H6/c1-2-8-23-24-15-14-21(19-10-11-19)17-25(27(24)28-26(23)9-3-1)22-13-12-18-6-4-5-7-20(18)16-22;1-2/h2-9,12-14,16-17,19H,1,10-11,15H2;1-2H3. The molecule has 2 aromatic carbocycles. The van der Waals surface area contributed by atoms with E-state index in [-0.39, 0.29) is 0 Å². The number of hydrogen-bond acceptors (Lipinski definition) is 1. The molecule has 3 aliphatic rings. The summed E-state index contributed by atoms with van der Waals surface area (Å²) in [7, 11) is 0. The molecule has 0 unspecified atom stereocenters. The summed E-state index contributed by atoms with van der Waals surface area (Å²) in [6.07, 6.45) is 18.2. The van der Waals surface area contributed by atoms with Crippen molar-refractivity contribution in [2.75, 3.05) is 0 Å². The maximum absolute atomic E-state index is 6.48. The molecule has 0 atom stereocenters. The van der Waals surface area contributed by atoms with Gasteiger partial charge in [0.25, 0.3) is 0 Å². The van der Waals surface area contributed by atoms with E-state index >= 15 is 0 Å². The van der Waals surface area contributed by atoms with Gasteiger partial charge in [-0.15, -0.1) is 0 Å². The van der Waals surface area contributed by atoms with Crippen LogP contribution in [0.3, 0.4) is 0 Å². The summed E-state index contributed by atoms with van der Waals surface area (Å²) in [5, 5.41) is 2.55. The van der Waals surface area contributed by atoms with Gasteiger partial charge in [0.1, 0.15) is 11.5 Å². The summed E-state index contributed by atoms with van der Waals surface area (Å²) in [5.41, 5.74) is 6.53. The first-order valence-corrected chi connectivity index (χ1v) is 11.3. The van der Waals surface area contributed by atoms with E-state index in [2.05, 4.69) is 78.9 Å². The smallest absolute Gasteiger partial charge is 0.139 e. The highest BCUT2D eigenvalue weighted by Gasteiger charge is 2.29. The van der Waals surface area contributed by atoms with E-state index in [1.54, 1.807) is 0 Å². The molecule has 0 radical (unpaired) electrons. The summed E-state index contributed by atoms with van der Waals surface area (Å²) in [6, 6.07) is 15.3. The first kappa shape index (κ1) is 18.9. The lowest BCUT2D eigenvalue weighted by molar-refractivity contribution is 0.541. The Kier molecular flexibility index (Phi) is 5.04. The number of fused-ring (bicyclic) bond motifs is 4. The normalized spacial score (nSPS) is 17.1. The Labute approximate surface area is 179 Å². The fraction of sp³-hybridized carbons (Fsp3) is 0.241. The van der Waals surface area contributed by atoms with E-state index in [9.17, 15) is 0 Å². The molecule has 1 heteroatoms. The van der Waals surface area contributed by atoms with E-state index in [1.807, 2.05) is 13.8 Å². The third-order valence-electron chi connectivity index (χ3n) is 6.11. The van der Waals surface area contributed by atoms with Gasteiger partial charge in [0.05, 0.1) is 0 Å². The first-order valence-electron chi connectivity index (χ1n) is 11.3. The molecule has 1 nitrogen and oxygen atoms in total. The van der Waals surface area contributed by atoms with Crippen LogP contribution >= 0.6 is 0 Å². The van der Waals surface area contributed by atoms with Crippen molar-refractivity contribution in [2.24, 2.45) is 5.92 Å². The highest BCUT2D eigenvalue weighted by Crippen LogP contribution is 2.44. The van der Waals surface area contributed by atoms with Gasteiger partial charge in [-0.1, -0.05) is 74.5 Å². The van der Waals surface area contributed by atoms with Crippen molar-refractivity contribution in [2.45, 2.75) is 39.5 Å². The Morgan fingerprint density at radius 2 is 1.70 bits per heavy atom. The van der Waals surface area contributed by atoms with Crippen LogP contribution in [-0.4, -0.2) is 0 Å². The van der Waals surface area contributed by atoms with Crippen molar-refractivity contribution in [1.29, 1.82) is 0 Å². The minimum absolute atomic E-state index is 0.730. The van der Waals surface area contributed by atoms with Crippen LogP contribution in [0.15, 0.2) is 76.8 Å². The van der Waals surface area contributed by atoms with Gasteiger partial charge >= 0.3 is 0 Å². The fourth-order valence-electron chi connectivity index (χ4n) is 4.45. The molecule has 0 N–H and O–H groups in total. The molecule has 1 fully saturated rings. The summed E-state index contributed by atoms with van der Waals surface area (Å²) in [6.45, 7) is 4.00. The molecule has 30 heavy (non-hydrogen) atoms. The van der Waals surface area contributed by atoms with Crippen LogP contribution in [0.2, 0.25) is 0 Å². The lowest BCUT2D eigenvalue weighted by Gasteiger charge is -2.09. The third kappa shape index (κ3) is 3.39. The number of benzene rings is 2. The zero-order chi connectivity index (χ0) is 20.5. The molecule has 0 bridgehead atoms. The average Bonchev–Trinajstić information content (AvgIpc) is 3.62. The largest absolute Gasteiger partial charge is 0.456 e. The molecular formula is C29H28O. The third-order valence-corrected chi connectivity index (χ3v) is 6.11. The van der Waals surface area contributed by atoms with Gasteiger partial charge in [0, 0.05) is 16.7 Å². The molecule has 0 spiro atoms. The molecule has 150 valence electrons. The van der Waals surface area contributed by atoms with Gasteiger partial charge in [-0.2, -0.15) is 0 Å². The highest BCUT2D eigenvalue weighted by molar-refractivity contribution is 5.91. The zero-order valence-electron chi connectivity index (χ0n) is 17.8. The second-order valence-corrected chi connectivity index (χ2v) is 8.03. The molecule has 0 saturated heterocycles. The quantitative estimate of drug-likeness (QED) is 0.428. The maximum Gasteiger partial charge on any atom is 0.139 e. The van der Waals surface area contributed by atoms with Crippen molar-refractivity contribution in [3.63, 3.8) is 0 Å². The van der Waals surface area contributed by atoms with E-state index in [4.69, 9.17) is 4.42 Å². The summed E-state index contributed by atoms with van der Waals surface area (Å²) in [5.74, 6) is 2.77. The SMILES string of the molecule is C1=Cc2oc3c(c2C=CC1)CC=C(C1CC1)C=C3c1ccc2ccccc2c1.CC. The van der Waals surface area contributed by atoms with Gasteiger partial charge in [0.2, 0.25) is 0 Å². The average molecular weight is 393 g/mol. The second kappa shape index (κ2) is 7.99. The van der Waals surface area contributed by atoms with Crippen molar-refractivity contribution in [3.05, 3.63) is 101 Å². The van der Waals surface area contributed by atoms with Crippen LogP contribution in [0.25, 0.3) is 28.5 Å². The summed E-state index contributed by atoms with van der Waals surface area (Å²) in [4.78, 5) is 0. The lowest BCUT2D eigenvalue weighted by Crippen LogP contribution is -1.91. The van der Waals surface area contributed by atoms with Gasteiger partial charge in [-0.05, 0) is 71.7 Å². The monoisotopic (exact) mass is 392 g/mol. The summed E-state index contributed by atoms with van der Waals surface area (Å²) >= 11 is 0. The van der Waals surface area contributed by atoms with Crippen molar-refractivity contribution in [1.82, 2.24) is 0 Å². The predicted molar refractivity (Wildman–Crippen MR) is 128 cm³/mol. The van der Waals surface area contributed by atoms with Crippen molar-refractivity contribution < 1.29 is 4.42 Å². The van der Waals surface area contributed by atoms with E-state index in [0.717, 1.165) is 30.3 Å². The lowest BCUT2D eigenvalue weighted by atomic mass is 9.95. The van der Waals surface area contributed by atoms with Gasteiger partial charge in [0.15, 0.2) is 0 Å². The van der Waals surface area contributed by atoms with Crippen LogP contribution < -0.4 is 0 Å². The molecule has 3 aromatic rings. The molecule has 1 aromatic heterocycles. The van der Waals surface area contributed by atoms with Crippen LogP contribution in [0, 0.1) is 5.92 Å². The number of rotatable bonds is 2. The van der Waals surface area contributed by atoms with E-state index in [1.165, 1.54) is 51.5 Å². The van der Waals surface area contributed by atoms with E-state index < -0.39 is 0 Å². The molecular weight excluding hydrogens is 364 g/mol. The molecule has 1 heterocycles. The van der Waals surface area contributed by atoms with Crippen LogP contribution in [0.4, 0.5) is 0 Å². The van der Waals surface area contributed by atoms with Gasteiger partial charge in [-0.3, -0.25) is 0 Å². The van der Waals surface area contributed by atoms with Crippen LogP contribution in [-0.2, 0) is 6.42 Å². The Morgan fingerprint density at radius 1 is 0.900 bits per heavy atom. The predicted octanol–water partition coefficient (Wildman–Crippen LogP) is 8.21. The Morgan fingerprint density at radius 3 is 2.53 bits per heavy atom. The highest BCUT2D eigenvalue weighted by atomic mass is 16.3. The first-order chi connectivity index (χ1) is 14.9. The molecule has 1 saturated carbocycles. The fourth-order valence-corrected chi connectivity index (χ4v) is 4.45. The molecule has 6 rings (SSSR count). The second-order valence-electron chi connectivity index (χ2n) is 8.03. The van der Waals surface area contributed by atoms with Crippen molar-refractivity contribution >= 4 is 28.5 Å². The van der Waals surface area contributed by atoms with E-state index in [0.29, 0.717) is 0 Å². The topological polar surface area (TPSA) is 13.1 Å². The minimum atomic E-state index is 0.730. The maximum atomic E-state index is 6.48. The molecule has 0 amide bonds. The van der Waals surface area contributed by atoms with Crippen molar-refractivity contribution in [3.8, 4) is 0 Å². The molecule has 3 aliphatic carbocycles. The molecule has 0 aliphatic heterocycles. The number of hydrogen-bond donors (Lipinski definition) is 0.